The van der Waals surface area contributed by atoms with E-state index in [2.05, 4.69) is 5.32 Å². The Morgan fingerprint density at radius 1 is 1.17 bits per heavy atom. The first-order chi connectivity index (χ1) is 11.6. The number of thiophene rings is 1. The van der Waals surface area contributed by atoms with Crippen LogP contribution in [0.25, 0.3) is 0 Å². The molecule has 3 amide bonds. The van der Waals surface area contributed by atoms with Gasteiger partial charge in [-0.05, 0) is 48.6 Å². The van der Waals surface area contributed by atoms with Crippen LogP contribution in [0, 0.1) is 0 Å². The molecule has 24 heavy (non-hydrogen) atoms. The van der Waals surface area contributed by atoms with Crippen LogP contribution in [-0.2, 0) is 4.79 Å². The minimum absolute atomic E-state index is 0.183. The normalized spacial score (nSPS) is 16.8. The van der Waals surface area contributed by atoms with E-state index in [0.29, 0.717) is 29.1 Å². The predicted molar refractivity (Wildman–Crippen MR) is 92.0 cm³/mol. The number of primary amides is 1. The molecule has 1 aliphatic rings. The molecule has 0 aliphatic carbocycles. The number of amides is 3. The second-order valence-electron chi connectivity index (χ2n) is 5.57. The van der Waals surface area contributed by atoms with Gasteiger partial charge < -0.3 is 16.0 Å². The quantitative estimate of drug-likeness (QED) is 0.890. The molecule has 1 fully saturated rings. The van der Waals surface area contributed by atoms with Crippen molar-refractivity contribution in [2.24, 2.45) is 5.73 Å². The monoisotopic (exact) mass is 343 g/mol. The Hall–Kier alpha value is -2.67. The van der Waals surface area contributed by atoms with Crippen LogP contribution in [0.2, 0.25) is 0 Å². The van der Waals surface area contributed by atoms with E-state index in [1.165, 1.54) is 16.2 Å². The molecule has 0 bridgehead atoms. The minimum atomic E-state index is -0.532. The molecule has 1 aromatic carbocycles. The number of anilines is 1. The van der Waals surface area contributed by atoms with Crippen LogP contribution in [0.3, 0.4) is 0 Å². The lowest BCUT2D eigenvalue weighted by molar-refractivity contribution is -0.121. The highest BCUT2D eigenvalue weighted by Gasteiger charge is 2.33. The highest BCUT2D eigenvalue weighted by Crippen LogP contribution is 2.21. The third-order valence-corrected chi connectivity index (χ3v) is 4.85. The highest BCUT2D eigenvalue weighted by atomic mass is 32.1. The third kappa shape index (κ3) is 3.30. The van der Waals surface area contributed by atoms with Crippen LogP contribution < -0.4 is 11.1 Å². The van der Waals surface area contributed by atoms with Gasteiger partial charge in [-0.15, -0.1) is 11.3 Å². The molecule has 3 rings (SSSR count). The van der Waals surface area contributed by atoms with E-state index in [-0.39, 0.29) is 11.8 Å². The molecule has 1 saturated heterocycles. The number of likely N-dealkylation sites (tertiary alicyclic amines) is 1. The maximum absolute atomic E-state index is 12.5. The van der Waals surface area contributed by atoms with Crippen molar-refractivity contribution in [1.82, 2.24) is 4.90 Å². The van der Waals surface area contributed by atoms with Gasteiger partial charge in [0.25, 0.3) is 11.8 Å². The average Bonchev–Trinajstić information content (AvgIpc) is 3.26. The maximum atomic E-state index is 12.5. The smallest absolute Gasteiger partial charge is 0.265 e. The average molecular weight is 343 g/mol. The molecule has 6 nitrogen and oxygen atoms in total. The van der Waals surface area contributed by atoms with Gasteiger partial charge in [-0.2, -0.15) is 0 Å². The number of carbonyl (C=O) groups is 3. The van der Waals surface area contributed by atoms with Crippen molar-refractivity contribution in [2.45, 2.75) is 18.9 Å². The second kappa shape index (κ2) is 6.84. The SMILES string of the molecule is NC(=O)[C@@H]1CCCN1C(=O)c1ccc(NC(=O)c2cccs2)cc1. The molecule has 0 saturated carbocycles. The standard InChI is InChI=1S/C17H17N3O3S/c18-15(21)13-3-1-9-20(13)17(23)11-5-7-12(8-6-11)19-16(22)14-4-2-10-24-14/h2,4-8,10,13H,1,3,9H2,(H2,18,21)(H,19,22)/t13-/m0/s1. The summed E-state index contributed by atoms with van der Waals surface area (Å²) in [5.41, 5.74) is 6.43. The summed E-state index contributed by atoms with van der Waals surface area (Å²) in [6, 6.07) is 9.66. The van der Waals surface area contributed by atoms with Gasteiger partial charge in [0.05, 0.1) is 4.88 Å². The largest absolute Gasteiger partial charge is 0.368 e. The number of benzene rings is 1. The Morgan fingerprint density at radius 3 is 2.54 bits per heavy atom. The molecule has 0 radical (unpaired) electrons. The van der Waals surface area contributed by atoms with Crippen LogP contribution in [0.15, 0.2) is 41.8 Å². The van der Waals surface area contributed by atoms with Crippen molar-refractivity contribution in [3.05, 3.63) is 52.2 Å². The van der Waals surface area contributed by atoms with E-state index in [1.807, 2.05) is 11.4 Å². The van der Waals surface area contributed by atoms with Crippen molar-refractivity contribution in [3.8, 4) is 0 Å². The molecular weight excluding hydrogens is 326 g/mol. The first-order valence-corrected chi connectivity index (χ1v) is 8.49. The molecule has 1 aliphatic heterocycles. The van der Waals surface area contributed by atoms with Gasteiger partial charge in [0.15, 0.2) is 0 Å². The molecule has 3 N–H and O–H groups in total. The molecule has 1 atom stereocenters. The van der Waals surface area contributed by atoms with Gasteiger partial charge >= 0.3 is 0 Å². The summed E-state index contributed by atoms with van der Waals surface area (Å²) in [5, 5.41) is 4.61. The van der Waals surface area contributed by atoms with Gasteiger partial charge in [0, 0.05) is 17.8 Å². The first-order valence-electron chi connectivity index (χ1n) is 7.61. The van der Waals surface area contributed by atoms with E-state index in [4.69, 9.17) is 5.73 Å². The second-order valence-corrected chi connectivity index (χ2v) is 6.52. The molecule has 0 unspecified atom stereocenters. The van der Waals surface area contributed by atoms with Crippen molar-refractivity contribution < 1.29 is 14.4 Å². The molecule has 2 heterocycles. The summed E-state index contributed by atoms with van der Waals surface area (Å²) >= 11 is 1.36. The molecule has 0 spiro atoms. The summed E-state index contributed by atoms with van der Waals surface area (Å²) in [4.78, 5) is 38.1. The summed E-state index contributed by atoms with van der Waals surface area (Å²) < 4.78 is 0. The number of nitrogens with zero attached hydrogens (tertiary/aromatic N) is 1. The Balaban J connectivity index is 1.69. The number of hydrogen-bond donors (Lipinski definition) is 2. The summed E-state index contributed by atoms with van der Waals surface area (Å²) in [6.07, 6.45) is 1.38. The van der Waals surface area contributed by atoms with Gasteiger partial charge in [-0.3, -0.25) is 14.4 Å². The molecule has 1 aromatic heterocycles. The number of carbonyl (C=O) groups excluding carboxylic acids is 3. The zero-order valence-electron chi connectivity index (χ0n) is 12.9. The van der Waals surface area contributed by atoms with E-state index in [9.17, 15) is 14.4 Å². The molecule has 124 valence electrons. The molecule has 2 aromatic rings. The lowest BCUT2D eigenvalue weighted by atomic mass is 10.1. The lowest BCUT2D eigenvalue weighted by Crippen LogP contribution is -2.43. The Bertz CT molecular complexity index is 756. The van der Waals surface area contributed by atoms with E-state index in [1.54, 1.807) is 30.3 Å². The van der Waals surface area contributed by atoms with Gasteiger partial charge in [-0.25, -0.2) is 0 Å². The minimum Gasteiger partial charge on any atom is -0.368 e. The van der Waals surface area contributed by atoms with Crippen molar-refractivity contribution in [1.29, 1.82) is 0 Å². The Labute approximate surface area is 143 Å². The zero-order valence-corrected chi connectivity index (χ0v) is 13.7. The van der Waals surface area contributed by atoms with Crippen molar-refractivity contribution in [2.75, 3.05) is 11.9 Å². The van der Waals surface area contributed by atoms with Gasteiger partial charge in [0.2, 0.25) is 5.91 Å². The van der Waals surface area contributed by atoms with Crippen LogP contribution in [0.5, 0.6) is 0 Å². The van der Waals surface area contributed by atoms with Gasteiger partial charge in [-0.1, -0.05) is 6.07 Å². The van der Waals surface area contributed by atoms with E-state index in [0.717, 1.165) is 6.42 Å². The van der Waals surface area contributed by atoms with Crippen molar-refractivity contribution >= 4 is 34.7 Å². The fraction of sp³-hybridized carbons (Fsp3) is 0.235. The van der Waals surface area contributed by atoms with Crippen molar-refractivity contribution in [3.63, 3.8) is 0 Å². The summed E-state index contributed by atoms with van der Waals surface area (Å²) in [5.74, 6) is -0.870. The summed E-state index contributed by atoms with van der Waals surface area (Å²) in [6.45, 7) is 0.531. The van der Waals surface area contributed by atoms with Crippen LogP contribution >= 0.6 is 11.3 Å². The van der Waals surface area contributed by atoms with E-state index < -0.39 is 11.9 Å². The maximum Gasteiger partial charge on any atom is 0.265 e. The lowest BCUT2D eigenvalue weighted by Gasteiger charge is -2.22. The Morgan fingerprint density at radius 2 is 1.92 bits per heavy atom. The summed E-state index contributed by atoms with van der Waals surface area (Å²) in [7, 11) is 0. The number of hydrogen-bond acceptors (Lipinski definition) is 4. The first kappa shape index (κ1) is 16.2. The number of nitrogens with one attached hydrogen (secondary N) is 1. The van der Waals surface area contributed by atoms with Crippen LogP contribution in [0.4, 0.5) is 5.69 Å². The predicted octanol–water partition coefficient (Wildman–Crippen LogP) is 2.09. The number of nitrogens with two attached hydrogens (primary N) is 1. The fourth-order valence-corrected chi connectivity index (χ4v) is 3.39. The van der Waals surface area contributed by atoms with E-state index >= 15 is 0 Å². The van der Waals surface area contributed by atoms with Crippen LogP contribution in [-0.4, -0.2) is 35.2 Å². The Kier molecular flexibility index (Phi) is 4.61. The zero-order chi connectivity index (χ0) is 17.1. The fourth-order valence-electron chi connectivity index (χ4n) is 2.77. The molecule has 7 heteroatoms. The molecular formula is C17H17N3O3S. The third-order valence-electron chi connectivity index (χ3n) is 3.98. The van der Waals surface area contributed by atoms with Gasteiger partial charge in [0.1, 0.15) is 6.04 Å². The number of rotatable bonds is 4. The topological polar surface area (TPSA) is 92.5 Å². The van der Waals surface area contributed by atoms with Crippen LogP contribution in [0.1, 0.15) is 32.9 Å². The highest BCUT2D eigenvalue weighted by molar-refractivity contribution is 7.12.